The highest BCUT2D eigenvalue weighted by Crippen LogP contribution is 2.12. The normalized spacial score (nSPS) is 10.9. The third kappa shape index (κ3) is 6.03. The Labute approximate surface area is 161 Å². The van der Waals surface area contributed by atoms with E-state index in [4.69, 9.17) is 0 Å². The summed E-state index contributed by atoms with van der Waals surface area (Å²) in [5.41, 5.74) is 3.50. The first kappa shape index (κ1) is 20.3. The molecule has 2 rings (SSSR count). The molecule has 0 saturated carbocycles. The Morgan fingerprint density at radius 3 is 2.42 bits per heavy atom. The van der Waals surface area contributed by atoms with Gasteiger partial charge in [0.1, 0.15) is 0 Å². The van der Waals surface area contributed by atoms with Crippen LogP contribution in [0.15, 0.2) is 41.5 Å². The summed E-state index contributed by atoms with van der Waals surface area (Å²) in [6.07, 6.45) is 1.80. The van der Waals surface area contributed by atoms with Crippen molar-refractivity contribution in [2.45, 2.75) is 20.0 Å². The Balaban J connectivity index is 0.00000288. The van der Waals surface area contributed by atoms with E-state index in [1.54, 1.807) is 6.20 Å². The molecule has 0 fully saturated rings. The number of benzene rings is 1. The second-order valence-electron chi connectivity index (χ2n) is 5.56. The fourth-order valence-corrected chi connectivity index (χ4v) is 2.16. The summed E-state index contributed by atoms with van der Waals surface area (Å²) in [6.45, 7) is 4.24. The fraction of sp³-hybridized carbons (Fsp3) is 0.412. The molecular formula is C17H27IN6. The average molecular weight is 442 g/mol. The highest BCUT2D eigenvalue weighted by atomic mass is 127. The van der Waals surface area contributed by atoms with Gasteiger partial charge in [0.15, 0.2) is 5.96 Å². The molecule has 0 saturated heterocycles. The van der Waals surface area contributed by atoms with Gasteiger partial charge in [0, 0.05) is 39.6 Å². The zero-order valence-corrected chi connectivity index (χ0v) is 17.1. The molecule has 0 bridgehead atoms. The standard InChI is InChI=1S/C17H26N6.HI/c1-5-18-17(20-13-16-10-11-21-23(16)4)19-12-14-6-8-15(9-7-14)22(2)3;/h6-11H,5,12-13H2,1-4H3,(H2,18,19,20);1H. The Kier molecular flexibility index (Phi) is 8.59. The Bertz CT molecular complexity index is 633. The van der Waals surface area contributed by atoms with Crippen LogP contribution in [0, 0.1) is 0 Å². The number of hydrogen-bond donors (Lipinski definition) is 2. The minimum absolute atomic E-state index is 0. The number of nitrogens with one attached hydrogen (secondary N) is 2. The quantitative estimate of drug-likeness (QED) is 0.410. The van der Waals surface area contributed by atoms with Crippen LogP contribution in [0.3, 0.4) is 0 Å². The number of aromatic nitrogens is 2. The van der Waals surface area contributed by atoms with Crippen LogP contribution in [-0.2, 0) is 20.1 Å². The van der Waals surface area contributed by atoms with Crippen molar-refractivity contribution in [3.05, 3.63) is 47.8 Å². The van der Waals surface area contributed by atoms with Crippen LogP contribution in [0.5, 0.6) is 0 Å². The number of aryl methyl sites for hydroxylation is 1. The van der Waals surface area contributed by atoms with Gasteiger partial charge >= 0.3 is 0 Å². The number of anilines is 1. The van der Waals surface area contributed by atoms with E-state index < -0.39 is 0 Å². The largest absolute Gasteiger partial charge is 0.378 e. The average Bonchev–Trinajstić information content (AvgIpc) is 2.95. The van der Waals surface area contributed by atoms with Crippen LogP contribution in [-0.4, -0.2) is 36.4 Å². The smallest absolute Gasteiger partial charge is 0.191 e. The molecule has 0 spiro atoms. The van der Waals surface area contributed by atoms with Gasteiger partial charge in [0.25, 0.3) is 0 Å². The SMILES string of the molecule is CCNC(=NCc1ccc(N(C)C)cc1)NCc1ccnn1C.I. The molecule has 0 aliphatic rings. The van der Waals surface area contributed by atoms with Crippen LogP contribution >= 0.6 is 24.0 Å². The topological polar surface area (TPSA) is 57.5 Å². The van der Waals surface area contributed by atoms with E-state index in [9.17, 15) is 0 Å². The summed E-state index contributed by atoms with van der Waals surface area (Å²) >= 11 is 0. The van der Waals surface area contributed by atoms with Crippen molar-refractivity contribution in [1.82, 2.24) is 20.4 Å². The summed E-state index contributed by atoms with van der Waals surface area (Å²) < 4.78 is 1.86. The molecule has 1 heterocycles. The molecule has 0 amide bonds. The highest BCUT2D eigenvalue weighted by molar-refractivity contribution is 14.0. The Morgan fingerprint density at radius 1 is 1.17 bits per heavy atom. The molecule has 1 aromatic carbocycles. The van der Waals surface area contributed by atoms with Crippen molar-refractivity contribution in [2.24, 2.45) is 12.0 Å². The first-order valence-electron chi connectivity index (χ1n) is 7.85. The molecule has 0 atom stereocenters. The van der Waals surface area contributed by atoms with E-state index in [-0.39, 0.29) is 24.0 Å². The molecule has 6 nitrogen and oxygen atoms in total. The molecular weight excluding hydrogens is 415 g/mol. The summed E-state index contributed by atoms with van der Waals surface area (Å²) in [5, 5.41) is 10.8. The summed E-state index contributed by atoms with van der Waals surface area (Å²) in [4.78, 5) is 6.73. The molecule has 0 aliphatic heterocycles. The summed E-state index contributed by atoms with van der Waals surface area (Å²) in [6, 6.07) is 10.4. The lowest BCUT2D eigenvalue weighted by Crippen LogP contribution is -2.37. The van der Waals surface area contributed by atoms with Gasteiger partial charge in [-0.1, -0.05) is 12.1 Å². The Morgan fingerprint density at radius 2 is 1.88 bits per heavy atom. The lowest BCUT2D eigenvalue weighted by Gasteiger charge is -2.13. The molecule has 1 aromatic heterocycles. The zero-order chi connectivity index (χ0) is 16.7. The minimum Gasteiger partial charge on any atom is -0.378 e. The second-order valence-corrected chi connectivity index (χ2v) is 5.56. The first-order chi connectivity index (χ1) is 11.1. The van der Waals surface area contributed by atoms with Gasteiger partial charge in [-0.25, -0.2) is 4.99 Å². The third-order valence-corrected chi connectivity index (χ3v) is 3.58. The van der Waals surface area contributed by atoms with Crippen LogP contribution in [0.1, 0.15) is 18.2 Å². The van der Waals surface area contributed by atoms with Gasteiger partial charge in [0.05, 0.1) is 18.8 Å². The summed E-state index contributed by atoms with van der Waals surface area (Å²) in [5.74, 6) is 0.811. The molecule has 2 aromatic rings. The van der Waals surface area contributed by atoms with Gasteiger partial charge in [0.2, 0.25) is 0 Å². The van der Waals surface area contributed by atoms with E-state index >= 15 is 0 Å². The molecule has 0 radical (unpaired) electrons. The predicted molar refractivity (Wildman–Crippen MR) is 111 cm³/mol. The highest BCUT2D eigenvalue weighted by Gasteiger charge is 2.02. The molecule has 2 N–H and O–H groups in total. The first-order valence-corrected chi connectivity index (χ1v) is 7.85. The number of guanidine groups is 1. The number of nitrogens with zero attached hydrogens (tertiary/aromatic N) is 4. The van der Waals surface area contributed by atoms with E-state index in [2.05, 4.69) is 56.8 Å². The van der Waals surface area contributed by atoms with Crippen molar-refractivity contribution < 1.29 is 0 Å². The molecule has 0 aliphatic carbocycles. The lowest BCUT2D eigenvalue weighted by atomic mass is 10.2. The van der Waals surface area contributed by atoms with Crippen LogP contribution in [0.25, 0.3) is 0 Å². The fourth-order valence-electron chi connectivity index (χ4n) is 2.16. The molecule has 7 heteroatoms. The number of aliphatic imine (C=N–C) groups is 1. The number of halogens is 1. The molecule has 132 valence electrons. The van der Waals surface area contributed by atoms with Gasteiger partial charge < -0.3 is 15.5 Å². The maximum absolute atomic E-state index is 4.64. The van der Waals surface area contributed by atoms with Gasteiger partial charge in [-0.05, 0) is 30.7 Å². The van der Waals surface area contributed by atoms with Crippen molar-refractivity contribution in [3.63, 3.8) is 0 Å². The van der Waals surface area contributed by atoms with Crippen molar-refractivity contribution >= 4 is 35.6 Å². The van der Waals surface area contributed by atoms with Gasteiger partial charge in [-0.3, -0.25) is 4.68 Å². The predicted octanol–water partition coefficient (Wildman–Crippen LogP) is 2.36. The van der Waals surface area contributed by atoms with Crippen molar-refractivity contribution in [2.75, 3.05) is 25.5 Å². The van der Waals surface area contributed by atoms with E-state index in [0.29, 0.717) is 13.1 Å². The molecule has 24 heavy (non-hydrogen) atoms. The van der Waals surface area contributed by atoms with E-state index in [0.717, 1.165) is 18.2 Å². The van der Waals surface area contributed by atoms with E-state index in [1.807, 2.05) is 31.9 Å². The lowest BCUT2D eigenvalue weighted by molar-refractivity contribution is 0.685. The van der Waals surface area contributed by atoms with Gasteiger partial charge in [-0.2, -0.15) is 5.10 Å². The van der Waals surface area contributed by atoms with Crippen LogP contribution < -0.4 is 15.5 Å². The van der Waals surface area contributed by atoms with Gasteiger partial charge in [-0.15, -0.1) is 24.0 Å². The molecule has 0 unspecified atom stereocenters. The van der Waals surface area contributed by atoms with E-state index in [1.165, 1.54) is 11.3 Å². The van der Waals surface area contributed by atoms with Crippen molar-refractivity contribution in [1.29, 1.82) is 0 Å². The monoisotopic (exact) mass is 442 g/mol. The minimum atomic E-state index is 0. The number of hydrogen-bond acceptors (Lipinski definition) is 3. The maximum atomic E-state index is 4.64. The summed E-state index contributed by atoms with van der Waals surface area (Å²) in [7, 11) is 6.02. The van der Waals surface area contributed by atoms with Crippen molar-refractivity contribution in [3.8, 4) is 0 Å². The number of rotatable bonds is 6. The Hall–Kier alpha value is -1.77. The third-order valence-electron chi connectivity index (χ3n) is 3.58. The second kappa shape index (κ2) is 10.2. The zero-order valence-electron chi connectivity index (χ0n) is 14.8. The van der Waals surface area contributed by atoms with Crippen LogP contribution in [0.4, 0.5) is 5.69 Å². The van der Waals surface area contributed by atoms with Crippen LogP contribution in [0.2, 0.25) is 0 Å². The maximum Gasteiger partial charge on any atom is 0.191 e.